The Bertz CT molecular complexity index is 1100. The molecule has 0 radical (unpaired) electrons. The van der Waals surface area contributed by atoms with Crippen molar-refractivity contribution in [1.82, 2.24) is 0 Å². The molecule has 5 rings (SSSR count). The predicted octanol–water partition coefficient (Wildman–Crippen LogP) is 5.08. The zero-order valence-electron chi connectivity index (χ0n) is 16.6. The molecule has 1 N–H and O–H groups in total. The topological polar surface area (TPSA) is 55.4 Å². The molecule has 0 saturated heterocycles. The van der Waals surface area contributed by atoms with Gasteiger partial charge in [-0.1, -0.05) is 42.5 Å². The van der Waals surface area contributed by atoms with Gasteiger partial charge in [-0.05, 0) is 71.3 Å². The second-order valence-electron chi connectivity index (χ2n) is 7.25. The summed E-state index contributed by atoms with van der Waals surface area (Å²) in [5.74, 6) is 0.890. The fraction of sp³-hybridized carbons (Fsp3) is 0.200. The molecular formula is C25H23NO3S. The van der Waals surface area contributed by atoms with E-state index < -0.39 is 0 Å². The Morgan fingerprint density at radius 1 is 0.933 bits per heavy atom. The SMILES string of the molecule is O=S=CCCCOc1ccc2c(c1)CCC(=O)N2.c1ccc(-c2ccc3cc2-3)cc1. The van der Waals surface area contributed by atoms with Crippen molar-refractivity contribution < 1.29 is 13.7 Å². The molecule has 30 heavy (non-hydrogen) atoms. The Hall–Kier alpha value is -3.18. The maximum absolute atomic E-state index is 11.2. The average molecular weight is 418 g/mol. The maximum Gasteiger partial charge on any atom is 0.224 e. The van der Waals surface area contributed by atoms with Gasteiger partial charge in [0.15, 0.2) is 0 Å². The summed E-state index contributed by atoms with van der Waals surface area (Å²) >= 11 is 0.496. The maximum atomic E-state index is 11.2. The number of aryl methyl sites for hydroxylation is 1. The third kappa shape index (κ3) is 5.05. The molecule has 2 aromatic carbocycles. The van der Waals surface area contributed by atoms with E-state index in [1.807, 2.05) is 18.2 Å². The van der Waals surface area contributed by atoms with Crippen LogP contribution in [0.2, 0.25) is 0 Å². The number of benzene rings is 3. The first-order valence-corrected chi connectivity index (χ1v) is 10.9. The Morgan fingerprint density at radius 2 is 1.80 bits per heavy atom. The predicted molar refractivity (Wildman–Crippen MR) is 123 cm³/mol. The fourth-order valence-corrected chi connectivity index (χ4v) is 3.74. The lowest BCUT2D eigenvalue weighted by atomic mass is 10.0. The van der Waals surface area contributed by atoms with Gasteiger partial charge in [0, 0.05) is 17.5 Å². The van der Waals surface area contributed by atoms with Crippen LogP contribution in [0.25, 0.3) is 22.3 Å². The number of nitrogens with one attached hydrogen (secondary N) is 1. The summed E-state index contributed by atoms with van der Waals surface area (Å²) in [6.07, 6.45) is 2.89. The number of hydrogen-bond acceptors (Lipinski definition) is 3. The van der Waals surface area contributed by atoms with Gasteiger partial charge in [0.25, 0.3) is 0 Å². The van der Waals surface area contributed by atoms with E-state index in [4.69, 9.17) is 4.74 Å². The Labute approximate surface area is 180 Å². The van der Waals surface area contributed by atoms with Crippen LogP contribution in [0.5, 0.6) is 5.75 Å². The van der Waals surface area contributed by atoms with E-state index in [0.717, 1.165) is 36.3 Å². The van der Waals surface area contributed by atoms with Crippen molar-refractivity contribution >= 4 is 28.2 Å². The molecule has 1 aliphatic heterocycles. The van der Waals surface area contributed by atoms with Crippen molar-refractivity contribution in [2.24, 2.45) is 0 Å². The van der Waals surface area contributed by atoms with E-state index in [9.17, 15) is 9.00 Å². The van der Waals surface area contributed by atoms with Gasteiger partial charge in [-0.2, -0.15) is 0 Å². The zero-order chi connectivity index (χ0) is 20.8. The lowest BCUT2D eigenvalue weighted by molar-refractivity contribution is -0.116. The summed E-state index contributed by atoms with van der Waals surface area (Å²) in [4.78, 5) is 11.2. The Morgan fingerprint density at radius 3 is 2.53 bits per heavy atom. The van der Waals surface area contributed by atoms with E-state index >= 15 is 0 Å². The zero-order valence-corrected chi connectivity index (χ0v) is 17.4. The van der Waals surface area contributed by atoms with Crippen molar-refractivity contribution in [2.45, 2.75) is 25.7 Å². The number of hydrogen-bond donors (Lipinski definition) is 1. The fourth-order valence-electron chi connectivity index (χ4n) is 3.48. The molecule has 2 aromatic rings. The van der Waals surface area contributed by atoms with E-state index in [1.165, 1.54) is 22.3 Å². The highest BCUT2D eigenvalue weighted by atomic mass is 32.1. The molecule has 0 saturated carbocycles. The minimum absolute atomic E-state index is 0.0711. The summed E-state index contributed by atoms with van der Waals surface area (Å²) in [5, 5.41) is 4.46. The van der Waals surface area contributed by atoms with Gasteiger partial charge in [-0.15, -0.1) is 0 Å². The second-order valence-corrected chi connectivity index (χ2v) is 7.77. The molecule has 4 nitrogen and oxygen atoms in total. The summed E-state index contributed by atoms with van der Waals surface area (Å²) in [6.45, 7) is 0.599. The molecule has 0 fully saturated rings. The smallest absolute Gasteiger partial charge is 0.224 e. The van der Waals surface area contributed by atoms with Crippen LogP contribution in [0, 0.1) is 0 Å². The van der Waals surface area contributed by atoms with Gasteiger partial charge in [0.2, 0.25) is 5.91 Å². The summed E-state index contributed by atoms with van der Waals surface area (Å²) in [5.41, 5.74) is 7.55. The van der Waals surface area contributed by atoms with E-state index in [1.54, 1.807) is 5.37 Å². The highest BCUT2D eigenvalue weighted by molar-refractivity contribution is 7.64. The van der Waals surface area contributed by atoms with Crippen LogP contribution in [-0.2, 0) is 22.5 Å². The first-order chi connectivity index (χ1) is 14.7. The standard InChI is InChI=1S/C13H15NO3S.C12H8/c15-13-6-3-10-9-11(4-5-12(10)14-13)17-7-1-2-8-18-16;1-2-4-9(5-3-1)11-7-6-10-8-12(10)11/h4-5,8-9H,1-3,6-7H2,(H,14,15);1-8H. The monoisotopic (exact) mass is 417 g/mol. The van der Waals surface area contributed by atoms with E-state index in [2.05, 4.69) is 53.8 Å². The van der Waals surface area contributed by atoms with Crippen molar-refractivity contribution in [2.75, 3.05) is 11.9 Å². The summed E-state index contributed by atoms with van der Waals surface area (Å²) < 4.78 is 15.7. The van der Waals surface area contributed by atoms with Gasteiger partial charge in [-0.25, -0.2) is 4.21 Å². The highest BCUT2D eigenvalue weighted by Gasteiger charge is 2.17. The third-order valence-corrected chi connectivity index (χ3v) is 5.48. The number of anilines is 1. The molecule has 1 amide bonds. The number of unbranched alkanes of at least 4 members (excludes halogenated alkanes) is 1. The lowest BCUT2D eigenvalue weighted by Crippen LogP contribution is -2.18. The van der Waals surface area contributed by atoms with E-state index in [-0.39, 0.29) is 5.91 Å². The van der Waals surface area contributed by atoms with Crippen LogP contribution in [0.4, 0.5) is 5.69 Å². The van der Waals surface area contributed by atoms with Crippen LogP contribution < -0.4 is 10.1 Å². The molecular weight excluding hydrogens is 394 g/mol. The van der Waals surface area contributed by atoms with Crippen LogP contribution in [-0.4, -0.2) is 22.1 Å². The quantitative estimate of drug-likeness (QED) is 0.352. The van der Waals surface area contributed by atoms with Gasteiger partial charge < -0.3 is 10.1 Å². The van der Waals surface area contributed by atoms with Crippen molar-refractivity contribution in [3.05, 3.63) is 72.3 Å². The molecule has 0 unspecified atom stereocenters. The van der Waals surface area contributed by atoms with Gasteiger partial charge in [0.05, 0.1) is 17.9 Å². The molecule has 0 bridgehead atoms. The Kier molecular flexibility index (Phi) is 6.40. The van der Waals surface area contributed by atoms with Gasteiger partial charge in [0.1, 0.15) is 5.75 Å². The molecule has 0 atom stereocenters. The molecule has 0 aromatic heterocycles. The van der Waals surface area contributed by atoms with Crippen LogP contribution in [0.3, 0.4) is 0 Å². The molecule has 3 aliphatic rings. The minimum Gasteiger partial charge on any atom is -0.494 e. The van der Waals surface area contributed by atoms with Gasteiger partial charge in [-0.3, -0.25) is 4.79 Å². The number of rotatable bonds is 6. The first kappa shape index (κ1) is 20.1. The number of ether oxygens (including phenoxy) is 1. The number of fused-ring (bicyclic) bond motifs is 2. The normalized spacial score (nSPS) is 12.6. The van der Waals surface area contributed by atoms with E-state index in [0.29, 0.717) is 24.3 Å². The highest BCUT2D eigenvalue weighted by Crippen LogP contribution is 2.43. The van der Waals surface area contributed by atoms with Crippen molar-refractivity contribution in [3.63, 3.8) is 0 Å². The van der Waals surface area contributed by atoms with Crippen molar-refractivity contribution in [3.8, 4) is 28.0 Å². The molecule has 0 spiro atoms. The van der Waals surface area contributed by atoms with Gasteiger partial charge >= 0.3 is 0 Å². The van der Waals surface area contributed by atoms with Crippen LogP contribution in [0.1, 0.15) is 24.8 Å². The second kappa shape index (κ2) is 9.55. The van der Waals surface area contributed by atoms with Crippen molar-refractivity contribution in [1.29, 1.82) is 0 Å². The number of amides is 1. The minimum atomic E-state index is 0.0711. The summed E-state index contributed by atoms with van der Waals surface area (Å²) in [6, 6.07) is 22.8. The third-order valence-electron chi connectivity index (χ3n) is 5.11. The molecule has 5 heteroatoms. The first-order valence-electron chi connectivity index (χ1n) is 10.1. The average Bonchev–Trinajstić information content (AvgIpc) is 3.44. The molecule has 152 valence electrons. The van der Waals surface area contributed by atoms with Crippen LogP contribution >= 0.6 is 0 Å². The summed E-state index contributed by atoms with van der Waals surface area (Å²) in [7, 11) is 0. The Balaban J connectivity index is 0.000000156. The van der Waals surface area contributed by atoms with Crippen LogP contribution in [0.15, 0.2) is 66.7 Å². The lowest BCUT2D eigenvalue weighted by Gasteiger charge is -2.17. The number of carbonyl (C=O) groups excluding carboxylic acids is 1. The molecule has 1 heterocycles. The largest absolute Gasteiger partial charge is 0.494 e. The number of carbonyl (C=O) groups is 1. The molecule has 2 aliphatic carbocycles.